The lowest BCUT2D eigenvalue weighted by atomic mass is 10.2. The summed E-state index contributed by atoms with van der Waals surface area (Å²) in [6.07, 6.45) is 0. The Bertz CT molecular complexity index is 1060. The first-order chi connectivity index (χ1) is 15.6. The summed E-state index contributed by atoms with van der Waals surface area (Å²) >= 11 is 0. The summed E-state index contributed by atoms with van der Waals surface area (Å²) in [6, 6.07) is 13.2. The Morgan fingerprint density at radius 2 is 1.78 bits per heavy atom. The third-order valence-corrected chi connectivity index (χ3v) is 5.49. The molecule has 0 aliphatic carbocycles. The normalized spacial score (nSPS) is 14.3. The van der Waals surface area contributed by atoms with Crippen molar-refractivity contribution in [2.45, 2.75) is 13.5 Å². The van der Waals surface area contributed by atoms with Crippen LogP contribution in [-0.4, -0.2) is 76.4 Å². The zero-order valence-corrected chi connectivity index (χ0v) is 18.5. The van der Waals surface area contributed by atoms with Gasteiger partial charge in [0.25, 0.3) is 0 Å². The van der Waals surface area contributed by atoms with Crippen LogP contribution in [0.25, 0.3) is 5.69 Å². The number of methoxy groups -OCH3 is 2. The number of hydrogen-bond donors (Lipinski definition) is 1. The molecule has 2 heterocycles. The quantitative estimate of drug-likeness (QED) is 0.632. The number of piperazine rings is 1. The molecular weight excluding hydrogens is 410 g/mol. The Hall–Kier alpha value is -3.66. The summed E-state index contributed by atoms with van der Waals surface area (Å²) in [5, 5.41) is 15.1. The lowest BCUT2D eigenvalue weighted by molar-refractivity contribution is 0.140. The number of urea groups is 1. The van der Waals surface area contributed by atoms with E-state index in [2.05, 4.69) is 25.7 Å². The molecule has 4 rings (SSSR count). The van der Waals surface area contributed by atoms with Crippen molar-refractivity contribution < 1.29 is 14.3 Å². The van der Waals surface area contributed by atoms with Crippen molar-refractivity contribution in [1.82, 2.24) is 30.0 Å². The van der Waals surface area contributed by atoms with Crippen molar-refractivity contribution in [1.29, 1.82) is 0 Å². The van der Waals surface area contributed by atoms with Crippen LogP contribution in [0.5, 0.6) is 11.5 Å². The molecule has 3 aromatic rings. The van der Waals surface area contributed by atoms with Crippen LogP contribution in [0, 0.1) is 6.92 Å². The summed E-state index contributed by atoms with van der Waals surface area (Å²) in [6.45, 7) is 5.34. The number of aryl methyl sites for hydroxylation is 1. The van der Waals surface area contributed by atoms with Gasteiger partial charge < -0.3 is 19.7 Å². The van der Waals surface area contributed by atoms with E-state index in [-0.39, 0.29) is 6.03 Å². The van der Waals surface area contributed by atoms with E-state index in [1.165, 1.54) is 5.56 Å². The zero-order valence-electron chi connectivity index (χ0n) is 18.5. The highest BCUT2D eigenvalue weighted by Crippen LogP contribution is 2.29. The van der Waals surface area contributed by atoms with Gasteiger partial charge in [0.05, 0.1) is 32.1 Å². The van der Waals surface area contributed by atoms with E-state index in [0.717, 1.165) is 24.6 Å². The second-order valence-corrected chi connectivity index (χ2v) is 7.60. The van der Waals surface area contributed by atoms with Crippen LogP contribution in [0.1, 0.15) is 11.4 Å². The van der Waals surface area contributed by atoms with Crippen LogP contribution < -0.4 is 14.8 Å². The number of benzene rings is 2. The van der Waals surface area contributed by atoms with Crippen molar-refractivity contribution in [3.63, 3.8) is 0 Å². The molecule has 1 N–H and O–H groups in total. The van der Waals surface area contributed by atoms with E-state index in [1.807, 2.05) is 31.2 Å². The van der Waals surface area contributed by atoms with Gasteiger partial charge in [0, 0.05) is 32.2 Å². The molecule has 0 radical (unpaired) electrons. The van der Waals surface area contributed by atoms with Gasteiger partial charge in [0.2, 0.25) is 0 Å². The summed E-state index contributed by atoms with van der Waals surface area (Å²) in [7, 11) is 3.15. The van der Waals surface area contributed by atoms with E-state index in [1.54, 1.807) is 42.0 Å². The number of amides is 2. The molecule has 0 unspecified atom stereocenters. The molecule has 2 aromatic carbocycles. The van der Waals surface area contributed by atoms with Gasteiger partial charge >= 0.3 is 6.03 Å². The van der Waals surface area contributed by atoms with Crippen molar-refractivity contribution >= 4 is 11.7 Å². The average Bonchev–Trinajstić information content (AvgIpc) is 3.28. The van der Waals surface area contributed by atoms with Gasteiger partial charge in [-0.15, -0.1) is 5.10 Å². The predicted octanol–water partition coefficient (Wildman–Crippen LogP) is 2.34. The molecule has 1 saturated heterocycles. The molecule has 1 aromatic heterocycles. The molecular formula is C22H27N7O3. The largest absolute Gasteiger partial charge is 0.497 e. The Morgan fingerprint density at radius 3 is 2.47 bits per heavy atom. The van der Waals surface area contributed by atoms with Gasteiger partial charge in [-0.2, -0.15) is 4.68 Å². The fourth-order valence-corrected chi connectivity index (χ4v) is 3.60. The van der Waals surface area contributed by atoms with Crippen LogP contribution in [0.2, 0.25) is 0 Å². The molecule has 1 aliphatic rings. The highest BCUT2D eigenvalue weighted by atomic mass is 16.5. The number of carbonyl (C=O) groups is 1. The second kappa shape index (κ2) is 9.65. The minimum absolute atomic E-state index is 0.155. The SMILES string of the molecule is COc1ccc(NC(=O)N2CCN(Cc3nnnn3-c3ccc(C)cc3)CC2)c(OC)c1. The lowest BCUT2D eigenvalue weighted by Gasteiger charge is -2.34. The molecule has 0 saturated carbocycles. The number of anilines is 1. The fraction of sp³-hybridized carbons (Fsp3) is 0.364. The number of ether oxygens (including phenoxy) is 2. The van der Waals surface area contributed by atoms with Gasteiger partial charge in [-0.3, -0.25) is 4.90 Å². The van der Waals surface area contributed by atoms with E-state index in [0.29, 0.717) is 36.8 Å². The lowest BCUT2D eigenvalue weighted by Crippen LogP contribution is -2.49. The third-order valence-electron chi connectivity index (χ3n) is 5.49. The Balaban J connectivity index is 1.34. The summed E-state index contributed by atoms with van der Waals surface area (Å²) in [5.41, 5.74) is 2.73. The number of hydrogen-bond acceptors (Lipinski definition) is 7. The van der Waals surface area contributed by atoms with E-state index in [4.69, 9.17) is 9.47 Å². The maximum atomic E-state index is 12.8. The van der Waals surface area contributed by atoms with E-state index < -0.39 is 0 Å². The summed E-state index contributed by atoms with van der Waals surface area (Å²) in [5.74, 6) is 2.00. The number of carbonyl (C=O) groups excluding carboxylic acids is 1. The number of nitrogens with one attached hydrogen (secondary N) is 1. The van der Waals surface area contributed by atoms with Crippen LogP contribution in [-0.2, 0) is 6.54 Å². The van der Waals surface area contributed by atoms with Crippen molar-refractivity contribution in [3.8, 4) is 17.2 Å². The standard InChI is InChI=1S/C22H27N7O3/c1-16-4-6-17(7-5-16)29-21(24-25-26-29)15-27-10-12-28(13-11-27)22(30)23-19-9-8-18(31-2)14-20(19)32-3/h4-9,14H,10-13,15H2,1-3H3,(H,23,30). The molecule has 0 bridgehead atoms. The summed E-state index contributed by atoms with van der Waals surface area (Å²) in [4.78, 5) is 16.8. The highest BCUT2D eigenvalue weighted by molar-refractivity contribution is 5.91. The Labute approximate surface area is 186 Å². The van der Waals surface area contributed by atoms with E-state index in [9.17, 15) is 4.79 Å². The molecule has 2 amide bonds. The third kappa shape index (κ3) is 4.80. The summed E-state index contributed by atoms with van der Waals surface area (Å²) < 4.78 is 12.3. The molecule has 168 valence electrons. The van der Waals surface area contributed by atoms with Gasteiger partial charge in [-0.05, 0) is 41.6 Å². The first-order valence-electron chi connectivity index (χ1n) is 10.4. The molecule has 0 spiro atoms. The van der Waals surface area contributed by atoms with Crippen LogP contribution >= 0.6 is 0 Å². The van der Waals surface area contributed by atoms with Crippen molar-refractivity contribution in [3.05, 3.63) is 53.9 Å². The zero-order chi connectivity index (χ0) is 22.5. The second-order valence-electron chi connectivity index (χ2n) is 7.60. The number of rotatable bonds is 6. The highest BCUT2D eigenvalue weighted by Gasteiger charge is 2.23. The monoisotopic (exact) mass is 437 g/mol. The Kier molecular flexibility index (Phi) is 6.50. The van der Waals surface area contributed by atoms with Crippen LogP contribution in [0.15, 0.2) is 42.5 Å². The minimum atomic E-state index is -0.155. The molecule has 1 aliphatic heterocycles. The molecule has 0 atom stereocenters. The maximum Gasteiger partial charge on any atom is 0.322 e. The van der Waals surface area contributed by atoms with Crippen molar-refractivity contribution in [2.75, 3.05) is 45.7 Å². The Morgan fingerprint density at radius 1 is 1.03 bits per heavy atom. The van der Waals surface area contributed by atoms with Crippen LogP contribution in [0.4, 0.5) is 10.5 Å². The minimum Gasteiger partial charge on any atom is -0.497 e. The van der Waals surface area contributed by atoms with Gasteiger partial charge in [-0.25, -0.2) is 4.79 Å². The first kappa shape index (κ1) is 21.6. The number of aromatic nitrogens is 4. The number of nitrogens with zero attached hydrogens (tertiary/aromatic N) is 6. The van der Waals surface area contributed by atoms with Gasteiger partial charge in [-0.1, -0.05) is 17.7 Å². The fourth-order valence-electron chi connectivity index (χ4n) is 3.60. The molecule has 32 heavy (non-hydrogen) atoms. The smallest absolute Gasteiger partial charge is 0.322 e. The molecule has 1 fully saturated rings. The van der Waals surface area contributed by atoms with E-state index >= 15 is 0 Å². The predicted molar refractivity (Wildman–Crippen MR) is 119 cm³/mol. The van der Waals surface area contributed by atoms with Crippen molar-refractivity contribution in [2.24, 2.45) is 0 Å². The van der Waals surface area contributed by atoms with Crippen LogP contribution in [0.3, 0.4) is 0 Å². The average molecular weight is 438 g/mol. The maximum absolute atomic E-state index is 12.8. The van der Waals surface area contributed by atoms with Gasteiger partial charge in [0.15, 0.2) is 5.82 Å². The van der Waals surface area contributed by atoms with Gasteiger partial charge in [0.1, 0.15) is 11.5 Å². The first-order valence-corrected chi connectivity index (χ1v) is 10.4. The molecule has 10 heteroatoms. The molecule has 10 nitrogen and oxygen atoms in total. The topological polar surface area (TPSA) is 97.6 Å². The number of tetrazole rings is 1.